The highest BCUT2D eigenvalue weighted by Gasteiger charge is 2.16. The zero-order chi connectivity index (χ0) is 23.1. The summed E-state index contributed by atoms with van der Waals surface area (Å²) in [5, 5.41) is 2.76. The van der Waals surface area contributed by atoms with Gasteiger partial charge in [-0.15, -0.1) is 0 Å². The van der Waals surface area contributed by atoms with Gasteiger partial charge in [0.25, 0.3) is 10.0 Å². The first-order valence-corrected chi connectivity index (χ1v) is 11.2. The van der Waals surface area contributed by atoms with Crippen molar-refractivity contribution in [2.75, 3.05) is 24.3 Å². The number of nitrogens with one attached hydrogen (secondary N) is 2. The quantitative estimate of drug-likeness (QED) is 0.507. The van der Waals surface area contributed by atoms with Gasteiger partial charge in [0.2, 0.25) is 11.9 Å². The van der Waals surface area contributed by atoms with Crippen LogP contribution >= 0.6 is 0 Å². The van der Waals surface area contributed by atoms with Crippen LogP contribution in [-0.2, 0) is 21.2 Å². The number of aryl methyl sites for hydroxylation is 2. The Bertz CT molecular complexity index is 1200. The topological polar surface area (TPSA) is 120 Å². The van der Waals surface area contributed by atoms with Gasteiger partial charge in [0.1, 0.15) is 0 Å². The van der Waals surface area contributed by atoms with E-state index < -0.39 is 10.0 Å². The molecule has 168 valence electrons. The number of sulfonamides is 1. The summed E-state index contributed by atoms with van der Waals surface area (Å²) in [6.07, 6.45) is 2.24. The number of nitrogens with zero attached hydrogens (tertiary/aromatic N) is 2. The number of anilines is 2. The Balaban J connectivity index is 1.58. The van der Waals surface area contributed by atoms with E-state index in [4.69, 9.17) is 9.47 Å². The zero-order valence-electron chi connectivity index (χ0n) is 18.0. The molecule has 3 rings (SSSR count). The lowest BCUT2D eigenvalue weighted by Gasteiger charge is -2.10. The predicted octanol–water partition coefficient (Wildman–Crippen LogP) is 3.17. The van der Waals surface area contributed by atoms with Crippen LogP contribution in [0.4, 0.5) is 11.6 Å². The van der Waals surface area contributed by atoms with E-state index in [1.54, 1.807) is 33.3 Å². The van der Waals surface area contributed by atoms with Gasteiger partial charge in [-0.2, -0.15) is 0 Å². The maximum atomic E-state index is 12.5. The summed E-state index contributed by atoms with van der Waals surface area (Å²) in [6.45, 7) is 1.74. The lowest BCUT2D eigenvalue weighted by molar-refractivity contribution is -0.116. The van der Waals surface area contributed by atoms with Crippen molar-refractivity contribution in [3.8, 4) is 11.5 Å². The fourth-order valence-electron chi connectivity index (χ4n) is 2.91. The number of amides is 1. The molecule has 0 aliphatic heterocycles. The summed E-state index contributed by atoms with van der Waals surface area (Å²) >= 11 is 0. The van der Waals surface area contributed by atoms with E-state index >= 15 is 0 Å². The molecule has 0 aliphatic rings. The fourth-order valence-corrected chi connectivity index (χ4v) is 3.86. The smallest absolute Gasteiger partial charge is 0.264 e. The highest BCUT2D eigenvalue weighted by atomic mass is 32.2. The molecule has 2 N–H and O–H groups in total. The Morgan fingerprint density at radius 1 is 1.00 bits per heavy atom. The summed E-state index contributed by atoms with van der Waals surface area (Å²) in [5.74, 6) is 1.03. The summed E-state index contributed by atoms with van der Waals surface area (Å²) in [5.41, 5.74) is 2.07. The maximum Gasteiger partial charge on any atom is 0.264 e. The molecule has 0 aliphatic carbocycles. The van der Waals surface area contributed by atoms with E-state index in [0.29, 0.717) is 29.3 Å². The highest BCUT2D eigenvalue weighted by molar-refractivity contribution is 7.92. The van der Waals surface area contributed by atoms with Gasteiger partial charge in [0.05, 0.1) is 19.1 Å². The summed E-state index contributed by atoms with van der Waals surface area (Å²) in [4.78, 5) is 20.3. The number of ether oxygens (including phenoxy) is 2. The van der Waals surface area contributed by atoms with Crippen LogP contribution in [0.5, 0.6) is 11.5 Å². The lowest BCUT2D eigenvalue weighted by atomic mass is 10.1. The first-order chi connectivity index (χ1) is 15.3. The minimum absolute atomic E-state index is 0.00228. The molecule has 3 aromatic rings. The second-order valence-corrected chi connectivity index (χ2v) is 8.57. The molecule has 0 fully saturated rings. The van der Waals surface area contributed by atoms with Crippen LogP contribution in [0.1, 0.15) is 17.7 Å². The van der Waals surface area contributed by atoms with Crippen molar-refractivity contribution >= 4 is 27.6 Å². The molecule has 0 saturated heterocycles. The van der Waals surface area contributed by atoms with E-state index in [1.807, 2.05) is 12.1 Å². The Kier molecular flexibility index (Phi) is 7.26. The normalized spacial score (nSPS) is 11.0. The summed E-state index contributed by atoms with van der Waals surface area (Å²) in [6, 6.07) is 13.0. The number of rotatable bonds is 9. The number of methoxy groups -OCH3 is 2. The standard InChI is InChI=1S/C22H24N4O5S/c1-15-12-13-23-22(24-15)26-32(28,29)18-8-6-17(7-9-18)25-21(27)11-5-16-4-10-19(30-2)20(14-16)31-3/h4,6-10,12-14H,5,11H2,1-3H3,(H,25,27)(H,23,24,26). The molecule has 0 radical (unpaired) electrons. The van der Waals surface area contributed by atoms with Crippen molar-refractivity contribution < 1.29 is 22.7 Å². The molecule has 1 amide bonds. The third kappa shape index (κ3) is 5.94. The van der Waals surface area contributed by atoms with E-state index in [0.717, 1.165) is 5.56 Å². The van der Waals surface area contributed by atoms with Crippen LogP contribution < -0.4 is 19.5 Å². The predicted molar refractivity (Wildman–Crippen MR) is 121 cm³/mol. The van der Waals surface area contributed by atoms with Gasteiger partial charge >= 0.3 is 0 Å². The number of benzene rings is 2. The molecule has 0 spiro atoms. The van der Waals surface area contributed by atoms with Crippen LogP contribution in [0.3, 0.4) is 0 Å². The average molecular weight is 457 g/mol. The average Bonchev–Trinajstić information content (AvgIpc) is 2.77. The van der Waals surface area contributed by atoms with Crippen LogP contribution in [0.25, 0.3) is 0 Å². The lowest BCUT2D eigenvalue weighted by Crippen LogP contribution is -2.16. The van der Waals surface area contributed by atoms with Crippen LogP contribution in [-0.4, -0.2) is 38.5 Å². The van der Waals surface area contributed by atoms with Crippen molar-refractivity contribution in [1.82, 2.24) is 9.97 Å². The van der Waals surface area contributed by atoms with Crippen LogP contribution in [0.15, 0.2) is 59.6 Å². The largest absolute Gasteiger partial charge is 0.493 e. The van der Waals surface area contributed by atoms with Crippen molar-refractivity contribution in [2.45, 2.75) is 24.7 Å². The van der Waals surface area contributed by atoms with Crippen LogP contribution in [0, 0.1) is 6.92 Å². The van der Waals surface area contributed by atoms with E-state index in [1.165, 1.54) is 30.5 Å². The Hall–Kier alpha value is -3.66. The molecule has 0 saturated carbocycles. The van der Waals surface area contributed by atoms with Crippen LogP contribution in [0.2, 0.25) is 0 Å². The molecule has 1 aromatic heterocycles. The number of hydrogen-bond donors (Lipinski definition) is 2. The van der Waals surface area contributed by atoms with Gasteiger partial charge in [-0.1, -0.05) is 6.07 Å². The Morgan fingerprint density at radius 3 is 2.38 bits per heavy atom. The third-order valence-corrected chi connectivity index (χ3v) is 5.90. The first-order valence-electron chi connectivity index (χ1n) is 9.74. The minimum atomic E-state index is -3.84. The zero-order valence-corrected chi connectivity index (χ0v) is 18.8. The fraction of sp³-hybridized carbons (Fsp3) is 0.227. The molecular formula is C22H24N4O5S. The molecule has 0 atom stereocenters. The molecule has 32 heavy (non-hydrogen) atoms. The SMILES string of the molecule is COc1ccc(CCC(=O)Nc2ccc(S(=O)(=O)Nc3nccc(C)n3)cc2)cc1OC. The third-order valence-electron chi connectivity index (χ3n) is 4.56. The van der Waals surface area contributed by atoms with Crippen molar-refractivity contribution in [3.05, 3.63) is 66.0 Å². The highest BCUT2D eigenvalue weighted by Crippen LogP contribution is 2.28. The van der Waals surface area contributed by atoms with Gasteiger partial charge < -0.3 is 14.8 Å². The van der Waals surface area contributed by atoms with Crippen molar-refractivity contribution in [3.63, 3.8) is 0 Å². The number of aromatic nitrogens is 2. The minimum Gasteiger partial charge on any atom is -0.493 e. The van der Waals surface area contributed by atoms with E-state index in [9.17, 15) is 13.2 Å². The van der Waals surface area contributed by atoms with E-state index in [-0.39, 0.29) is 23.2 Å². The Morgan fingerprint density at radius 2 is 1.72 bits per heavy atom. The van der Waals surface area contributed by atoms with Crippen molar-refractivity contribution in [1.29, 1.82) is 0 Å². The second kappa shape index (κ2) is 10.1. The number of carbonyl (C=O) groups excluding carboxylic acids is 1. The second-order valence-electron chi connectivity index (χ2n) is 6.89. The number of carbonyl (C=O) groups is 1. The van der Waals surface area contributed by atoms with Gasteiger partial charge in [0, 0.05) is 24.0 Å². The maximum absolute atomic E-state index is 12.5. The summed E-state index contributed by atoms with van der Waals surface area (Å²) in [7, 11) is -0.723. The summed E-state index contributed by atoms with van der Waals surface area (Å²) < 4.78 is 37.8. The molecule has 9 nitrogen and oxygen atoms in total. The molecule has 0 unspecified atom stereocenters. The molecular weight excluding hydrogens is 432 g/mol. The van der Waals surface area contributed by atoms with Gasteiger partial charge in [-0.3, -0.25) is 4.79 Å². The monoisotopic (exact) mass is 456 g/mol. The van der Waals surface area contributed by atoms with Gasteiger partial charge in [0.15, 0.2) is 11.5 Å². The number of hydrogen-bond acceptors (Lipinski definition) is 7. The molecule has 2 aromatic carbocycles. The first kappa shape index (κ1) is 23.0. The van der Waals surface area contributed by atoms with E-state index in [2.05, 4.69) is 20.0 Å². The molecule has 1 heterocycles. The molecule has 0 bridgehead atoms. The van der Waals surface area contributed by atoms with Gasteiger partial charge in [-0.05, 0) is 61.4 Å². The Labute approximate surface area is 186 Å². The van der Waals surface area contributed by atoms with Gasteiger partial charge in [-0.25, -0.2) is 23.1 Å². The molecule has 10 heteroatoms. The van der Waals surface area contributed by atoms with Crippen molar-refractivity contribution in [2.24, 2.45) is 0 Å².